The Bertz CT molecular complexity index is 860. The average Bonchev–Trinajstić information content (AvgIpc) is 3.32. The number of carbonyl (C=O) groups is 2. The fourth-order valence-electron chi connectivity index (χ4n) is 3.29. The summed E-state index contributed by atoms with van der Waals surface area (Å²) in [6, 6.07) is 10.9. The second-order valence-electron chi connectivity index (χ2n) is 6.98. The van der Waals surface area contributed by atoms with Crippen molar-refractivity contribution in [2.24, 2.45) is 4.99 Å². The minimum Gasteiger partial charge on any atom is -0.459 e. The van der Waals surface area contributed by atoms with Crippen LogP contribution in [0.2, 0.25) is 0 Å². The van der Waals surface area contributed by atoms with Crippen molar-refractivity contribution in [2.75, 3.05) is 39.3 Å². The first-order chi connectivity index (χ1) is 14.6. The number of hydrogen-bond acceptors (Lipinski definition) is 4. The van der Waals surface area contributed by atoms with Crippen molar-refractivity contribution >= 4 is 41.8 Å². The van der Waals surface area contributed by atoms with E-state index in [9.17, 15) is 9.59 Å². The van der Waals surface area contributed by atoms with Gasteiger partial charge in [0.2, 0.25) is 0 Å². The van der Waals surface area contributed by atoms with Gasteiger partial charge in [-0.2, -0.15) is 0 Å². The lowest BCUT2D eigenvalue weighted by molar-refractivity contribution is 0.0657. The summed E-state index contributed by atoms with van der Waals surface area (Å²) in [4.78, 5) is 33.0. The molecule has 2 amide bonds. The van der Waals surface area contributed by atoms with Crippen molar-refractivity contribution in [1.82, 2.24) is 20.4 Å². The molecule has 1 aliphatic rings. The molecule has 1 aromatic carbocycles. The van der Waals surface area contributed by atoms with E-state index in [1.807, 2.05) is 38.1 Å². The highest BCUT2D eigenvalue weighted by Gasteiger charge is 2.25. The normalized spacial score (nSPS) is 14.1. The summed E-state index contributed by atoms with van der Waals surface area (Å²) in [5.74, 6) is 1.06. The number of carbonyl (C=O) groups excluding carboxylic acids is 2. The highest BCUT2D eigenvalue weighted by Crippen LogP contribution is 2.11. The van der Waals surface area contributed by atoms with Crippen LogP contribution in [-0.2, 0) is 6.54 Å². The fraction of sp³-hybridized carbons (Fsp3) is 0.409. The van der Waals surface area contributed by atoms with Gasteiger partial charge in [-0.1, -0.05) is 12.1 Å². The third-order valence-electron chi connectivity index (χ3n) is 4.90. The number of furan rings is 1. The van der Waals surface area contributed by atoms with Crippen molar-refractivity contribution in [3.63, 3.8) is 0 Å². The van der Waals surface area contributed by atoms with E-state index in [1.54, 1.807) is 17.0 Å². The molecule has 8 nitrogen and oxygen atoms in total. The molecule has 0 saturated carbocycles. The molecule has 0 atom stereocenters. The second kappa shape index (κ2) is 12.3. The molecule has 1 aliphatic heterocycles. The van der Waals surface area contributed by atoms with Crippen LogP contribution in [0.3, 0.4) is 0 Å². The van der Waals surface area contributed by atoms with Crippen molar-refractivity contribution in [2.45, 2.75) is 20.4 Å². The van der Waals surface area contributed by atoms with Crippen molar-refractivity contribution in [3.05, 3.63) is 59.5 Å². The van der Waals surface area contributed by atoms with Crippen LogP contribution in [0.5, 0.6) is 0 Å². The van der Waals surface area contributed by atoms with Crippen LogP contribution in [0.15, 0.2) is 52.1 Å². The Hall–Kier alpha value is -2.56. The maximum atomic E-state index is 12.4. The summed E-state index contributed by atoms with van der Waals surface area (Å²) in [5, 5.41) is 6.12. The number of hydrogen-bond donors (Lipinski definition) is 2. The van der Waals surface area contributed by atoms with Gasteiger partial charge in [0.1, 0.15) is 0 Å². The van der Waals surface area contributed by atoms with E-state index < -0.39 is 0 Å². The fourth-order valence-corrected chi connectivity index (χ4v) is 3.29. The summed E-state index contributed by atoms with van der Waals surface area (Å²) in [6.07, 6.45) is 1.52. The molecule has 168 valence electrons. The predicted molar refractivity (Wildman–Crippen MR) is 131 cm³/mol. The molecule has 0 spiro atoms. The second-order valence-corrected chi connectivity index (χ2v) is 6.98. The number of guanidine groups is 1. The molecule has 3 rings (SSSR count). The molecule has 2 heterocycles. The molecule has 9 heteroatoms. The van der Waals surface area contributed by atoms with Crippen molar-refractivity contribution in [1.29, 1.82) is 0 Å². The van der Waals surface area contributed by atoms with E-state index >= 15 is 0 Å². The summed E-state index contributed by atoms with van der Waals surface area (Å²) < 4.78 is 5.22. The van der Waals surface area contributed by atoms with Crippen LogP contribution in [0.25, 0.3) is 0 Å². The van der Waals surface area contributed by atoms with Gasteiger partial charge in [0.05, 0.1) is 12.8 Å². The summed E-state index contributed by atoms with van der Waals surface area (Å²) in [6.45, 7) is 8.46. The van der Waals surface area contributed by atoms with Gasteiger partial charge in [-0.15, -0.1) is 24.0 Å². The Morgan fingerprint density at radius 3 is 2.19 bits per heavy atom. The van der Waals surface area contributed by atoms with E-state index in [1.165, 1.54) is 6.26 Å². The van der Waals surface area contributed by atoms with Crippen LogP contribution in [0, 0.1) is 0 Å². The minimum absolute atomic E-state index is 0. The molecule has 2 aromatic rings. The SMILES string of the molecule is CCNC(=O)c1ccc(CN=C(NCC)N2CCN(C(=O)c3ccco3)CC2)cc1.I. The highest BCUT2D eigenvalue weighted by molar-refractivity contribution is 14.0. The summed E-state index contributed by atoms with van der Waals surface area (Å²) >= 11 is 0. The third-order valence-corrected chi connectivity index (χ3v) is 4.90. The number of nitrogens with one attached hydrogen (secondary N) is 2. The number of piperazine rings is 1. The van der Waals surface area contributed by atoms with Crippen molar-refractivity contribution in [3.8, 4) is 0 Å². The first-order valence-electron chi connectivity index (χ1n) is 10.4. The average molecular weight is 539 g/mol. The molecule has 31 heavy (non-hydrogen) atoms. The molecular formula is C22H30IN5O3. The molecule has 0 aliphatic carbocycles. The largest absolute Gasteiger partial charge is 0.459 e. The molecule has 1 aromatic heterocycles. The topological polar surface area (TPSA) is 90.2 Å². The minimum atomic E-state index is -0.0752. The number of benzene rings is 1. The van der Waals surface area contributed by atoms with Gasteiger partial charge in [-0.05, 0) is 43.7 Å². The number of nitrogens with zero attached hydrogens (tertiary/aromatic N) is 3. The molecule has 0 radical (unpaired) electrons. The quantitative estimate of drug-likeness (QED) is 0.335. The smallest absolute Gasteiger partial charge is 0.289 e. The molecule has 0 bridgehead atoms. The first kappa shape index (κ1) is 24.7. The number of aliphatic imine (C=N–C) groups is 1. The molecule has 2 N–H and O–H groups in total. The maximum Gasteiger partial charge on any atom is 0.289 e. The lowest BCUT2D eigenvalue weighted by Crippen LogP contribution is -2.53. The lowest BCUT2D eigenvalue weighted by Gasteiger charge is -2.36. The maximum absolute atomic E-state index is 12.4. The van der Waals surface area contributed by atoms with E-state index in [0.29, 0.717) is 50.6 Å². The molecular weight excluding hydrogens is 509 g/mol. The Morgan fingerprint density at radius 1 is 0.968 bits per heavy atom. The van der Waals surface area contributed by atoms with Gasteiger partial charge >= 0.3 is 0 Å². The van der Waals surface area contributed by atoms with E-state index in [-0.39, 0.29) is 35.8 Å². The van der Waals surface area contributed by atoms with Crippen LogP contribution < -0.4 is 10.6 Å². The standard InChI is InChI=1S/C22H29N5O3.HI/c1-3-23-20(28)18-9-7-17(8-10-18)16-25-22(24-4-2)27-13-11-26(12-14-27)21(29)19-6-5-15-30-19;/h5-10,15H,3-4,11-14,16H2,1-2H3,(H,23,28)(H,24,25);1H. The summed E-state index contributed by atoms with van der Waals surface area (Å²) in [5.41, 5.74) is 1.68. The zero-order chi connectivity index (χ0) is 21.3. The number of amides is 2. The monoisotopic (exact) mass is 539 g/mol. The van der Waals surface area contributed by atoms with E-state index in [4.69, 9.17) is 9.41 Å². The molecule has 0 unspecified atom stereocenters. The Kier molecular flexibility index (Phi) is 9.83. The van der Waals surface area contributed by atoms with Crippen molar-refractivity contribution < 1.29 is 14.0 Å². The lowest BCUT2D eigenvalue weighted by atomic mass is 10.1. The van der Waals surface area contributed by atoms with Gasteiger partial charge in [0.15, 0.2) is 11.7 Å². The number of rotatable bonds is 6. The third kappa shape index (κ3) is 6.71. The van der Waals surface area contributed by atoms with Gasteiger partial charge in [0, 0.05) is 44.8 Å². The van der Waals surface area contributed by atoms with Crippen LogP contribution in [0.4, 0.5) is 0 Å². The number of halogens is 1. The van der Waals surface area contributed by atoms with Crippen LogP contribution in [0.1, 0.15) is 40.3 Å². The van der Waals surface area contributed by atoms with Gasteiger partial charge < -0.3 is 24.9 Å². The van der Waals surface area contributed by atoms with E-state index in [2.05, 4.69) is 15.5 Å². The Balaban J connectivity index is 0.00000341. The van der Waals surface area contributed by atoms with Crippen LogP contribution >= 0.6 is 24.0 Å². The Morgan fingerprint density at radius 2 is 1.61 bits per heavy atom. The molecule has 1 saturated heterocycles. The first-order valence-corrected chi connectivity index (χ1v) is 10.4. The van der Waals surface area contributed by atoms with Crippen LogP contribution in [-0.4, -0.2) is 66.8 Å². The zero-order valence-corrected chi connectivity index (χ0v) is 20.3. The van der Waals surface area contributed by atoms with Gasteiger partial charge in [-0.25, -0.2) is 4.99 Å². The van der Waals surface area contributed by atoms with Gasteiger partial charge in [0.25, 0.3) is 11.8 Å². The predicted octanol–water partition coefficient (Wildman–Crippen LogP) is 2.57. The summed E-state index contributed by atoms with van der Waals surface area (Å²) in [7, 11) is 0. The van der Waals surface area contributed by atoms with Gasteiger partial charge in [-0.3, -0.25) is 9.59 Å². The zero-order valence-electron chi connectivity index (χ0n) is 18.0. The Labute approximate surface area is 200 Å². The highest BCUT2D eigenvalue weighted by atomic mass is 127. The molecule has 1 fully saturated rings. The van der Waals surface area contributed by atoms with E-state index in [0.717, 1.165) is 18.1 Å².